The molecule has 2 fully saturated rings. The lowest BCUT2D eigenvalue weighted by atomic mass is 10.0. The van der Waals surface area contributed by atoms with Crippen LogP contribution < -0.4 is 10.6 Å². The topological polar surface area (TPSA) is 44.3 Å². The van der Waals surface area contributed by atoms with Gasteiger partial charge in [0.25, 0.3) is 0 Å². The van der Waals surface area contributed by atoms with Gasteiger partial charge in [0, 0.05) is 18.1 Å². The Morgan fingerprint density at radius 1 is 1.38 bits per heavy atom. The SMILES string of the molecule is OCC1(NCC2CCCCN2)CC1. The molecule has 1 atom stereocenters. The monoisotopic (exact) mass is 184 g/mol. The van der Waals surface area contributed by atoms with Crippen molar-refractivity contribution in [2.45, 2.75) is 43.7 Å². The molecule has 0 amide bonds. The Morgan fingerprint density at radius 3 is 2.77 bits per heavy atom. The van der Waals surface area contributed by atoms with Crippen LogP contribution in [0.5, 0.6) is 0 Å². The van der Waals surface area contributed by atoms with Crippen LogP contribution in [-0.4, -0.2) is 36.4 Å². The minimum Gasteiger partial charge on any atom is -0.394 e. The number of piperidine rings is 1. The van der Waals surface area contributed by atoms with E-state index in [0.717, 1.165) is 19.4 Å². The number of aliphatic hydroxyl groups is 1. The summed E-state index contributed by atoms with van der Waals surface area (Å²) >= 11 is 0. The second kappa shape index (κ2) is 3.95. The van der Waals surface area contributed by atoms with Crippen LogP contribution in [0.4, 0.5) is 0 Å². The van der Waals surface area contributed by atoms with Crippen molar-refractivity contribution < 1.29 is 5.11 Å². The first-order chi connectivity index (χ1) is 6.35. The standard InChI is InChI=1S/C10H20N2O/c13-8-10(4-5-10)12-7-9-3-1-2-6-11-9/h9,11-13H,1-8H2. The fraction of sp³-hybridized carbons (Fsp3) is 1.00. The highest BCUT2D eigenvalue weighted by molar-refractivity contribution is 5.02. The lowest BCUT2D eigenvalue weighted by Crippen LogP contribution is -2.46. The van der Waals surface area contributed by atoms with Crippen molar-refractivity contribution in [1.82, 2.24) is 10.6 Å². The average molecular weight is 184 g/mol. The molecule has 3 N–H and O–H groups in total. The second-order valence-corrected chi connectivity index (χ2v) is 4.47. The van der Waals surface area contributed by atoms with Crippen LogP contribution in [-0.2, 0) is 0 Å². The van der Waals surface area contributed by atoms with Gasteiger partial charge in [-0.2, -0.15) is 0 Å². The number of hydrogen-bond donors (Lipinski definition) is 3. The molecule has 1 aliphatic heterocycles. The summed E-state index contributed by atoms with van der Waals surface area (Å²) in [7, 11) is 0. The van der Waals surface area contributed by atoms with Crippen molar-refractivity contribution >= 4 is 0 Å². The molecule has 0 aromatic rings. The van der Waals surface area contributed by atoms with Crippen molar-refractivity contribution in [3.8, 4) is 0 Å². The molecule has 3 nitrogen and oxygen atoms in total. The van der Waals surface area contributed by atoms with Gasteiger partial charge in [0.05, 0.1) is 6.61 Å². The minimum atomic E-state index is 0.110. The largest absolute Gasteiger partial charge is 0.394 e. The highest BCUT2D eigenvalue weighted by atomic mass is 16.3. The second-order valence-electron chi connectivity index (χ2n) is 4.47. The Balaban J connectivity index is 1.66. The molecule has 0 aromatic heterocycles. The average Bonchev–Trinajstić information content (AvgIpc) is 2.97. The Morgan fingerprint density at radius 2 is 2.23 bits per heavy atom. The first kappa shape index (κ1) is 9.44. The zero-order chi connectivity index (χ0) is 9.15. The third-order valence-electron chi connectivity index (χ3n) is 3.29. The van der Waals surface area contributed by atoms with E-state index in [1.54, 1.807) is 0 Å². The van der Waals surface area contributed by atoms with Gasteiger partial charge in [-0.05, 0) is 32.2 Å². The minimum absolute atomic E-state index is 0.110. The first-order valence-electron chi connectivity index (χ1n) is 5.44. The van der Waals surface area contributed by atoms with Gasteiger partial charge in [-0.3, -0.25) is 0 Å². The zero-order valence-electron chi connectivity index (χ0n) is 8.18. The van der Waals surface area contributed by atoms with Gasteiger partial charge < -0.3 is 15.7 Å². The van der Waals surface area contributed by atoms with Gasteiger partial charge in [-0.15, -0.1) is 0 Å². The van der Waals surface area contributed by atoms with E-state index in [0.29, 0.717) is 12.6 Å². The van der Waals surface area contributed by atoms with Crippen LogP contribution in [0.2, 0.25) is 0 Å². The Hall–Kier alpha value is -0.120. The molecule has 1 saturated carbocycles. The maximum Gasteiger partial charge on any atom is 0.0613 e. The van der Waals surface area contributed by atoms with Gasteiger partial charge in [0.1, 0.15) is 0 Å². The lowest BCUT2D eigenvalue weighted by Gasteiger charge is -2.26. The number of aliphatic hydroxyl groups excluding tert-OH is 1. The fourth-order valence-electron chi connectivity index (χ4n) is 1.98. The van der Waals surface area contributed by atoms with Crippen LogP contribution in [0.3, 0.4) is 0 Å². The normalized spacial score (nSPS) is 31.6. The summed E-state index contributed by atoms with van der Waals surface area (Å²) in [5.41, 5.74) is 0.110. The van der Waals surface area contributed by atoms with E-state index < -0.39 is 0 Å². The molecule has 1 heterocycles. The van der Waals surface area contributed by atoms with Crippen LogP contribution in [0.1, 0.15) is 32.1 Å². The van der Waals surface area contributed by atoms with Crippen LogP contribution in [0.15, 0.2) is 0 Å². The van der Waals surface area contributed by atoms with E-state index in [2.05, 4.69) is 10.6 Å². The van der Waals surface area contributed by atoms with E-state index in [1.165, 1.54) is 25.8 Å². The molecule has 0 aromatic carbocycles. The molecule has 1 aliphatic carbocycles. The van der Waals surface area contributed by atoms with E-state index in [9.17, 15) is 0 Å². The zero-order valence-corrected chi connectivity index (χ0v) is 8.18. The molecule has 2 aliphatic rings. The third-order valence-corrected chi connectivity index (χ3v) is 3.29. The fourth-order valence-corrected chi connectivity index (χ4v) is 1.98. The van der Waals surface area contributed by atoms with Crippen molar-refractivity contribution in [3.05, 3.63) is 0 Å². The van der Waals surface area contributed by atoms with E-state index in [1.807, 2.05) is 0 Å². The van der Waals surface area contributed by atoms with E-state index >= 15 is 0 Å². The van der Waals surface area contributed by atoms with Crippen molar-refractivity contribution in [1.29, 1.82) is 0 Å². The van der Waals surface area contributed by atoms with Crippen molar-refractivity contribution in [2.24, 2.45) is 0 Å². The van der Waals surface area contributed by atoms with Crippen molar-refractivity contribution in [3.63, 3.8) is 0 Å². The van der Waals surface area contributed by atoms with Gasteiger partial charge in [0.15, 0.2) is 0 Å². The molecule has 3 heteroatoms. The lowest BCUT2D eigenvalue weighted by molar-refractivity contribution is 0.223. The molecule has 0 bridgehead atoms. The molecule has 2 rings (SSSR count). The number of nitrogens with one attached hydrogen (secondary N) is 2. The van der Waals surface area contributed by atoms with Gasteiger partial charge in [-0.1, -0.05) is 6.42 Å². The summed E-state index contributed by atoms with van der Waals surface area (Å²) in [5.74, 6) is 0. The predicted molar refractivity (Wildman–Crippen MR) is 52.7 cm³/mol. The molecular formula is C10H20N2O. The highest BCUT2D eigenvalue weighted by Crippen LogP contribution is 2.34. The molecule has 13 heavy (non-hydrogen) atoms. The molecule has 0 spiro atoms. The molecule has 1 unspecified atom stereocenters. The van der Waals surface area contributed by atoms with E-state index in [4.69, 9.17) is 5.11 Å². The van der Waals surface area contributed by atoms with Crippen LogP contribution >= 0.6 is 0 Å². The molecule has 0 radical (unpaired) electrons. The summed E-state index contributed by atoms with van der Waals surface area (Å²) in [4.78, 5) is 0. The summed E-state index contributed by atoms with van der Waals surface area (Å²) < 4.78 is 0. The summed E-state index contributed by atoms with van der Waals surface area (Å²) in [6.07, 6.45) is 6.26. The Bertz CT molecular complexity index is 162. The number of hydrogen-bond acceptors (Lipinski definition) is 3. The van der Waals surface area contributed by atoms with Crippen molar-refractivity contribution in [2.75, 3.05) is 19.7 Å². The highest BCUT2D eigenvalue weighted by Gasteiger charge is 2.41. The summed E-state index contributed by atoms with van der Waals surface area (Å²) in [6, 6.07) is 0.637. The van der Waals surface area contributed by atoms with Gasteiger partial charge in [-0.25, -0.2) is 0 Å². The number of rotatable bonds is 4. The predicted octanol–water partition coefficient (Wildman–Crippen LogP) is 0.243. The van der Waals surface area contributed by atoms with Crippen LogP contribution in [0, 0.1) is 0 Å². The summed E-state index contributed by atoms with van der Waals surface area (Å²) in [6.45, 7) is 2.50. The maximum absolute atomic E-state index is 9.10. The maximum atomic E-state index is 9.10. The Kier molecular flexibility index (Phi) is 2.86. The quantitative estimate of drug-likeness (QED) is 0.586. The smallest absolute Gasteiger partial charge is 0.0613 e. The van der Waals surface area contributed by atoms with Gasteiger partial charge in [0.2, 0.25) is 0 Å². The molecule has 1 saturated heterocycles. The van der Waals surface area contributed by atoms with Crippen LogP contribution in [0.25, 0.3) is 0 Å². The van der Waals surface area contributed by atoms with E-state index in [-0.39, 0.29) is 5.54 Å². The summed E-state index contributed by atoms with van der Waals surface area (Å²) in [5, 5.41) is 16.1. The third kappa shape index (κ3) is 2.42. The first-order valence-corrected chi connectivity index (χ1v) is 5.44. The molecular weight excluding hydrogens is 164 g/mol. The van der Waals surface area contributed by atoms with Gasteiger partial charge >= 0.3 is 0 Å². The Labute approximate surface area is 79.9 Å². The molecule has 76 valence electrons.